The molecule has 1 aromatic rings. The first-order chi connectivity index (χ1) is 10.7. The third kappa shape index (κ3) is 4.61. The van der Waals surface area contributed by atoms with Gasteiger partial charge in [0.1, 0.15) is 11.6 Å². The van der Waals surface area contributed by atoms with Crippen LogP contribution in [0.2, 0.25) is 0 Å². The van der Waals surface area contributed by atoms with Gasteiger partial charge in [-0.05, 0) is 24.0 Å². The van der Waals surface area contributed by atoms with Gasteiger partial charge in [0.25, 0.3) is 5.91 Å². The molecule has 0 heterocycles. The first kappa shape index (κ1) is 16.1. The average molecular weight is 298 g/mol. The summed E-state index contributed by atoms with van der Waals surface area (Å²) in [5, 5.41) is 15.0. The largest absolute Gasteiger partial charge is 0.386 e. The molecule has 5 nitrogen and oxygen atoms in total. The maximum Gasteiger partial charge on any atom is 0.263 e. The highest BCUT2D eigenvalue weighted by atomic mass is 16.1. The van der Waals surface area contributed by atoms with Gasteiger partial charge in [-0.15, -0.1) is 0 Å². The molecule has 0 radical (unpaired) electrons. The molecule has 0 bridgehead atoms. The number of carbonyl (C=O) groups is 1. The fourth-order valence-corrected chi connectivity index (χ4v) is 2.62. The number of hydrogen-bond donors (Lipinski definition) is 3. The lowest BCUT2D eigenvalue weighted by Gasteiger charge is -2.11. The number of nitrogens with two attached hydrogens (primary N) is 1. The summed E-state index contributed by atoms with van der Waals surface area (Å²) < 4.78 is 0. The third-order valence-corrected chi connectivity index (χ3v) is 3.84. The Morgan fingerprint density at radius 3 is 2.77 bits per heavy atom. The van der Waals surface area contributed by atoms with E-state index in [0.29, 0.717) is 13.1 Å². The second-order valence-corrected chi connectivity index (χ2v) is 5.53. The molecule has 1 aliphatic carbocycles. The molecule has 1 fully saturated rings. The molecule has 1 saturated carbocycles. The van der Waals surface area contributed by atoms with E-state index in [-0.39, 0.29) is 17.5 Å². The minimum atomic E-state index is -0.294. The zero-order valence-electron chi connectivity index (χ0n) is 12.6. The Labute approximate surface area is 131 Å². The molecule has 0 spiro atoms. The molecule has 0 saturated heterocycles. The number of nitrogens with one attached hydrogen (secondary N) is 2. The standard InChI is InChI=1S/C17H22N4O/c18-9-13-4-3-5-14(8-13)11-20-12-15(10-19)17(22)21-16-6-1-2-7-16/h3-5,8,12,16,20H,1-2,6-7,9,11,18H2,(H,21,22)/b15-12-. The van der Waals surface area contributed by atoms with Crippen LogP contribution < -0.4 is 16.4 Å². The molecule has 116 valence electrons. The molecule has 4 N–H and O–H groups in total. The van der Waals surface area contributed by atoms with Crippen LogP contribution in [0.1, 0.15) is 36.8 Å². The molecule has 0 atom stereocenters. The highest BCUT2D eigenvalue weighted by Crippen LogP contribution is 2.17. The fraction of sp³-hybridized carbons (Fsp3) is 0.412. The number of amides is 1. The molecule has 0 aromatic heterocycles. The van der Waals surface area contributed by atoms with Crippen LogP contribution in [-0.2, 0) is 17.9 Å². The SMILES string of the molecule is N#C/C(=C/NCc1cccc(CN)c1)C(=O)NC1CCCC1. The van der Waals surface area contributed by atoms with Gasteiger partial charge in [-0.25, -0.2) is 0 Å². The van der Waals surface area contributed by atoms with Crippen molar-refractivity contribution in [3.05, 3.63) is 47.2 Å². The Balaban J connectivity index is 1.88. The van der Waals surface area contributed by atoms with Crippen molar-refractivity contribution in [3.63, 3.8) is 0 Å². The molecule has 2 rings (SSSR count). The Morgan fingerprint density at radius 1 is 1.36 bits per heavy atom. The van der Waals surface area contributed by atoms with E-state index in [1.807, 2.05) is 30.3 Å². The number of carbonyl (C=O) groups excluding carboxylic acids is 1. The third-order valence-electron chi connectivity index (χ3n) is 3.84. The summed E-state index contributed by atoms with van der Waals surface area (Å²) in [5.74, 6) is -0.294. The van der Waals surface area contributed by atoms with Crippen LogP contribution in [0.5, 0.6) is 0 Å². The van der Waals surface area contributed by atoms with Crippen LogP contribution in [-0.4, -0.2) is 11.9 Å². The smallest absolute Gasteiger partial charge is 0.263 e. The van der Waals surface area contributed by atoms with E-state index in [0.717, 1.165) is 36.8 Å². The summed E-state index contributed by atoms with van der Waals surface area (Å²) in [6.07, 6.45) is 5.78. The summed E-state index contributed by atoms with van der Waals surface area (Å²) in [4.78, 5) is 12.0. The normalized spacial score (nSPS) is 15.4. The zero-order valence-corrected chi connectivity index (χ0v) is 12.6. The topological polar surface area (TPSA) is 90.9 Å². The first-order valence-electron chi connectivity index (χ1n) is 7.65. The quantitative estimate of drug-likeness (QED) is 0.550. The highest BCUT2D eigenvalue weighted by molar-refractivity contribution is 5.97. The molecule has 1 amide bonds. The lowest BCUT2D eigenvalue weighted by atomic mass is 10.1. The predicted octanol–water partition coefficient (Wildman–Crippen LogP) is 1.70. The van der Waals surface area contributed by atoms with E-state index in [1.54, 1.807) is 0 Å². The lowest BCUT2D eigenvalue weighted by Crippen LogP contribution is -2.33. The summed E-state index contributed by atoms with van der Waals surface area (Å²) in [6.45, 7) is 1.05. The average Bonchev–Trinajstić information content (AvgIpc) is 3.04. The van der Waals surface area contributed by atoms with Gasteiger partial charge in [-0.2, -0.15) is 5.26 Å². The van der Waals surface area contributed by atoms with Crippen molar-refractivity contribution in [2.45, 2.75) is 44.8 Å². The van der Waals surface area contributed by atoms with E-state index in [9.17, 15) is 4.79 Å². The van der Waals surface area contributed by atoms with Crippen LogP contribution in [0.4, 0.5) is 0 Å². The number of hydrogen-bond acceptors (Lipinski definition) is 4. The van der Waals surface area contributed by atoms with E-state index >= 15 is 0 Å². The van der Waals surface area contributed by atoms with Gasteiger partial charge >= 0.3 is 0 Å². The van der Waals surface area contributed by atoms with Crippen molar-refractivity contribution in [1.29, 1.82) is 5.26 Å². The Hall–Kier alpha value is -2.32. The summed E-state index contributed by atoms with van der Waals surface area (Å²) in [6, 6.07) is 10.1. The van der Waals surface area contributed by atoms with Crippen molar-refractivity contribution in [1.82, 2.24) is 10.6 Å². The minimum Gasteiger partial charge on any atom is -0.386 e. The van der Waals surface area contributed by atoms with E-state index in [1.165, 1.54) is 6.20 Å². The maximum absolute atomic E-state index is 12.0. The fourth-order valence-electron chi connectivity index (χ4n) is 2.62. The Kier molecular flexibility index (Phi) is 5.99. The van der Waals surface area contributed by atoms with Crippen LogP contribution in [0.25, 0.3) is 0 Å². The van der Waals surface area contributed by atoms with Crippen LogP contribution in [0, 0.1) is 11.3 Å². The summed E-state index contributed by atoms with van der Waals surface area (Å²) >= 11 is 0. The van der Waals surface area contributed by atoms with Gasteiger partial charge in [-0.1, -0.05) is 37.1 Å². The lowest BCUT2D eigenvalue weighted by molar-refractivity contribution is -0.117. The van der Waals surface area contributed by atoms with Crippen molar-refractivity contribution in [2.75, 3.05) is 0 Å². The van der Waals surface area contributed by atoms with Gasteiger partial charge in [0.2, 0.25) is 0 Å². The monoisotopic (exact) mass is 298 g/mol. The zero-order chi connectivity index (χ0) is 15.8. The van der Waals surface area contributed by atoms with Crippen LogP contribution >= 0.6 is 0 Å². The number of rotatable bonds is 6. The predicted molar refractivity (Wildman–Crippen MR) is 85.3 cm³/mol. The Morgan fingerprint density at radius 2 is 2.09 bits per heavy atom. The molecule has 22 heavy (non-hydrogen) atoms. The molecular formula is C17H22N4O. The molecule has 0 aliphatic heterocycles. The van der Waals surface area contributed by atoms with Crippen LogP contribution in [0.15, 0.2) is 36.0 Å². The van der Waals surface area contributed by atoms with Crippen molar-refractivity contribution >= 4 is 5.91 Å². The second-order valence-electron chi connectivity index (χ2n) is 5.53. The first-order valence-corrected chi connectivity index (χ1v) is 7.65. The van der Waals surface area contributed by atoms with Crippen molar-refractivity contribution in [3.8, 4) is 6.07 Å². The molecular weight excluding hydrogens is 276 g/mol. The second kappa shape index (κ2) is 8.20. The van der Waals surface area contributed by atoms with Gasteiger partial charge < -0.3 is 16.4 Å². The van der Waals surface area contributed by atoms with Gasteiger partial charge in [0.05, 0.1) is 0 Å². The summed E-state index contributed by atoms with van der Waals surface area (Å²) in [5.41, 5.74) is 7.84. The minimum absolute atomic E-state index is 0.113. The number of benzene rings is 1. The maximum atomic E-state index is 12.0. The van der Waals surface area contributed by atoms with Gasteiger partial charge in [0.15, 0.2) is 0 Å². The molecule has 0 unspecified atom stereocenters. The van der Waals surface area contributed by atoms with E-state index < -0.39 is 0 Å². The van der Waals surface area contributed by atoms with E-state index in [2.05, 4.69) is 10.6 Å². The van der Waals surface area contributed by atoms with Crippen molar-refractivity contribution < 1.29 is 4.79 Å². The van der Waals surface area contributed by atoms with Crippen LogP contribution in [0.3, 0.4) is 0 Å². The summed E-state index contributed by atoms with van der Waals surface area (Å²) in [7, 11) is 0. The molecule has 5 heteroatoms. The number of nitrogens with zero attached hydrogens (tertiary/aromatic N) is 1. The van der Waals surface area contributed by atoms with Gasteiger partial charge in [-0.3, -0.25) is 4.79 Å². The van der Waals surface area contributed by atoms with Crippen molar-refractivity contribution in [2.24, 2.45) is 5.73 Å². The van der Waals surface area contributed by atoms with Gasteiger partial charge in [0, 0.05) is 25.3 Å². The Bertz CT molecular complexity index is 583. The van der Waals surface area contributed by atoms with E-state index in [4.69, 9.17) is 11.0 Å². The molecule has 1 aliphatic rings. The number of nitriles is 1. The molecule has 1 aromatic carbocycles. The highest BCUT2D eigenvalue weighted by Gasteiger charge is 2.19.